The molecule has 0 radical (unpaired) electrons. The molecule has 3 rings (SSSR count). The molecular formula is C20H25ClFN5O3. The SMILES string of the molecule is COc1cc(N2CCN(C(=O)OC(C)(C)C)CC2)ccc1Nc1nc(Cl)ncc1F. The van der Waals surface area contributed by atoms with Crippen LogP contribution in [0.2, 0.25) is 5.28 Å². The molecule has 0 saturated carbocycles. The van der Waals surface area contributed by atoms with Crippen LogP contribution in [0.1, 0.15) is 20.8 Å². The number of carbonyl (C=O) groups excluding carboxylic acids is 1. The first-order valence-corrected chi connectivity index (χ1v) is 9.90. The van der Waals surface area contributed by atoms with Gasteiger partial charge in [0.2, 0.25) is 5.28 Å². The Kier molecular flexibility index (Phi) is 6.50. The van der Waals surface area contributed by atoms with Crippen molar-refractivity contribution in [1.29, 1.82) is 0 Å². The maximum Gasteiger partial charge on any atom is 0.410 e. The average Bonchev–Trinajstić information content (AvgIpc) is 2.70. The lowest BCUT2D eigenvalue weighted by Crippen LogP contribution is -2.50. The van der Waals surface area contributed by atoms with Gasteiger partial charge in [-0.2, -0.15) is 4.98 Å². The van der Waals surface area contributed by atoms with Crippen molar-refractivity contribution in [3.05, 3.63) is 35.5 Å². The van der Waals surface area contributed by atoms with Gasteiger partial charge in [0.05, 0.1) is 19.0 Å². The van der Waals surface area contributed by atoms with E-state index in [1.165, 1.54) is 7.11 Å². The molecule has 0 atom stereocenters. The second-order valence-corrected chi connectivity index (χ2v) is 8.14. The molecule has 0 spiro atoms. The Morgan fingerprint density at radius 1 is 1.23 bits per heavy atom. The maximum atomic E-state index is 13.9. The van der Waals surface area contributed by atoms with Crippen LogP contribution < -0.4 is 15.0 Å². The molecule has 1 aromatic heterocycles. The van der Waals surface area contributed by atoms with Crippen molar-refractivity contribution >= 4 is 34.9 Å². The third-order valence-electron chi connectivity index (χ3n) is 4.45. The summed E-state index contributed by atoms with van der Waals surface area (Å²) in [6, 6.07) is 5.53. The van der Waals surface area contributed by atoms with Gasteiger partial charge in [-0.3, -0.25) is 0 Å². The normalized spacial score (nSPS) is 14.5. The Labute approximate surface area is 179 Å². The van der Waals surface area contributed by atoms with E-state index in [1.54, 1.807) is 11.0 Å². The van der Waals surface area contributed by atoms with Crippen LogP contribution in [0.4, 0.5) is 26.4 Å². The Morgan fingerprint density at radius 3 is 2.57 bits per heavy atom. The fourth-order valence-electron chi connectivity index (χ4n) is 3.01. The van der Waals surface area contributed by atoms with Gasteiger partial charge in [0.1, 0.15) is 11.4 Å². The minimum Gasteiger partial charge on any atom is -0.494 e. The van der Waals surface area contributed by atoms with E-state index in [9.17, 15) is 9.18 Å². The summed E-state index contributed by atoms with van der Waals surface area (Å²) >= 11 is 5.75. The number of hydrogen-bond acceptors (Lipinski definition) is 7. The molecule has 8 nitrogen and oxygen atoms in total. The molecule has 1 fully saturated rings. The number of amides is 1. The number of benzene rings is 1. The Bertz CT molecular complexity index is 914. The zero-order chi connectivity index (χ0) is 21.9. The summed E-state index contributed by atoms with van der Waals surface area (Å²) in [5.74, 6) is -0.132. The molecule has 10 heteroatoms. The average molecular weight is 438 g/mol. The van der Waals surface area contributed by atoms with Gasteiger partial charge in [-0.05, 0) is 44.5 Å². The molecule has 1 aliphatic rings. The lowest BCUT2D eigenvalue weighted by atomic mass is 10.2. The molecule has 1 aromatic carbocycles. The minimum atomic E-state index is -0.621. The first-order valence-electron chi connectivity index (χ1n) is 9.52. The third kappa shape index (κ3) is 5.41. The van der Waals surface area contributed by atoms with Crippen molar-refractivity contribution in [2.24, 2.45) is 0 Å². The van der Waals surface area contributed by atoms with Crippen LogP contribution in [0.3, 0.4) is 0 Å². The van der Waals surface area contributed by atoms with E-state index in [-0.39, 0.29) is 17.2 Å². The zero-order valence-electron chi connectivity index (χ0n) is 17.4. The van der Waals surface area contributed by atoms with Gasteiger partial charge in [0, 0.05) is 37.9 Å². The molecular weight excluding hydrogens is 413 g/mol. The molecule has 30 heavy (non-hydrogen) atoms. The van der Waals surface area contributed by atoms with Crippen LogP contribution in [-0.2, 0) is 4.74 Å². The number of halogens is 2. The number of piperazine rings is 1. The lowest BCUT2D eigenvalue weighted by Gasteiger charge is -2.37. The van der Waals surface area contributed by atoms with Crippen molar-refractivity contribution in [2.45, 2.75) is 26.4 Å². The fourth-order valence-corrected chi connectivity index (χ4v) is 3.15. The highest BCUT2D eigenvalue weighted by Gasteiger charge is 2.26. The number of nitrogens with one attached hydrogen (secondary N) is 1. The van der Waals surface area contributed by atoms with Gasteiger partial charge in [-0.25, -0.2) is 14.2 Å². The summed E-state index contributed by atoms with van der Waals surface area (Å²) in [5.41, 5.74) is 0.961. The predicted molar refractivity (Wildman–Crippen MR) is 113 cm³/mol. The molecule has 2 aromatic rings. The van der Waals surface area contributed by atoms with E-state index >= 15 is 0 Å². The van der Waals surface area contributed by atoms with Crippen LogP contribution in [0.25, 0.3) is 0 Å². The van der Waals surface area contributed by atoms with Gasteiger partial charge in [0.25, 0.3) is 0 Å². The maximum absolute atomic E-state index is 13.9. The van der Waals surface area contributed by atoms with Crippen LogP contribution in [0.5, 0.6) is 5.75 Å². The van der Waals surface area contributed by atoms with E-state index < -0.39 is 11.4 Å². The van der Waals surface area contributed by atoms with Crippen molar-refractivity contribution in [1.82, 2.24) is 14.9 Å². The van der Waals surface area contributed by atoms with Crippen LogP contribution in [0.15, 0.2) is 24.4 Å². The fraction of sp³-hybridized carbons (Fsp3) is 0.450. The number of methoxy groups -OCH3 is 1. The van der Waals surface area contributed by atoms with Crippen LogP contribution in [-0.4, -0.2) is 59.9 Å². The van der Waals surface area contributed by atoms with E-state index in [0.29, 0.717) is 37.6 Å². The number of aromatic nitrogens is 2. The number of carbonyl (C=O) groups is 1. The summed E-state index contributed by atoms with van der Waals surface area (Å²) < 4.78 is 24.8. The van der Waals surface area contributed by atoms with Crippen LogP contribution in [0, 0.1) is 5.82 Å². The molecule has 162 valence electrons. The highest BCUT2D eigenvalue weighted by Crippen LogP contribution is 2.33. The van der Waals surface area contributed by atoms with Gasteiger partial charge in [-0.15, -0.1) is 0 Å². The van der Waals surface area contributed by atoms with E-state index in [4.69, 9.17) is 21.1 Å². The molecule has 0 bridgehead atoms. The van der Waals surface area contributed by atoms with E-state index in [1.807, 2.05) is 32.9 Å². The first-order chi connectivity index (χ1) is 14.2. The van der Waals surface area contributed by atoms with Crippen molar-refractivity contribution < 1.29 is 18.7 Å². The molecule has 1 N–H and O–H groups in total. The van der Waals surface area contributed by atoms with Crippen molar-refractivity contribution in [2.75, 3.05) is 43.5 Å². The summed E-state index contributed by atoms with van der Waals surface area (Å²) in [6.45, 7) is 7.99. The quantitative estimate of drug-likeness (QED) is 0.722. The molecule has 2 heterocycles. The molecule has 1 saturated heterocycles. The minimum absolute atomic E-state index is 0.0352. The van der Waals surface area contributed by atoms with Gasteiger partial charge >= 0.3 is 6.09 Å². The Hall–Kier alpha value is -2.81. The molecule has 0 aliphatic carbocycles. The third-order valence-corrected chi connectivity index (χ3v) is 4.63. The van der Waals surface area contributed by atoms with Crippen molar-refractivity contribution in [3.8, 4) is 5.75 Å². The molecule has 0 unspecified atom stereocenters. The second kappa shape index (κ2) is 8.91. The Morgan fingerprint density at radius 2 is 1.93 bits per heavy atom. The predicted octanol–water partition coefficient (Wildman–Crippen LogP) is 4.08. The van der Waals surface area contributed by atoms with Gasteiger partial charge < -0.3 is 24.6 Å². The number of ether oxygens (including phenoxy) is 2. The topological polar surface area (TPSA) is 79.8 Å². The summed E-state index contributed by atoms with van der Waals surface area (Å²) in [4.78, 5) is 23.5. The Balaban J connectivity index is 1.68. The van der Waals surface area contributed by atoms with Gasteiger partial charge in [-0.1, -0.05) is 0 Å². The highest BCUT2D eigenvalue weighted by atomic mass is 35.5. The standard InChI is InChI=1S/C20H25ClFN5O3/c1-20(2,3)30-19(28)27-9-7-26(8-10-27)13-5-6-15(16(11-13)29-4)24-17-14(22)12-23-18(21)25-17/h5-6,11-12H,7-10H2,1-4H3,(H,23,24,25). The second-order valence-electron chi connectivity index (χ2n) is 7.80. The smallest absolute Gasteiger partial charge is 0.410 e. The summed E-state index contributed by atoms with van der Waals surface area (Å²) in [5, 5.41) is 2.82. The first kappa shape index (κ1) is 21.9. The van der Waals surface area contributed by atoms with Crippen molar-refractivity contribution in [3.63, 3.8) is 0 Å². The van der Waals surface area contributed by atoms with E-state index in [2.05, 4.69) is 20.2 Å². The molecule has 1 aliphatic heterocycles. The van der Waals surface area contributed by atoms with Crippen LogP contribution >= 0.6 is 11.6 Å². The monoisotopic (exact) mass is 437 g/mol. The lowest BCUT2D eigenvalue weighted by molar-refractivity contribution is 0.0240. The largest absolute Gasteiger partial charge is 0.494 e. The van der Waals surface area contributed by atoms with Gasteiger partial charge in [0.15, 0.2) is 11.6 Å². The zero-order valence-corrected chi connectivity index (χ0v) is 18.2. The summed E-state index contributed by atoms with van der Waals surface area (Å²) in [7, 11) is 1.54. The number of rotatable bonds is 4. The molecule has 1 amide bonds. The van der Waals surface area contributed by atoms with E-state index in [0.717, 1.165) is 11.9 Å². The highest BCUT2D eigenvalue weighted by molar-refractivity contribution is 6.28. The number of hydrogen-bond donors (Lipinski definition) is 1. The number of nitrogens with zero attached hydrogens (tertiary/aromatic N) is 4. The number of anilines is 3. The summed E-state index contributed by atoms with van der Waals surface area (Å²) in [6.07, 6.45) is 0.702.